The molecule has 2 saturated carbocycles. The molecular formula is C20H39N. The fourth-order valence-corrected chi connectivity index (χ4v) is 4.21. The third-order valence-electron chi connectivity index (χ3n) is 6.05. The molecule has 2 aliphatic carbocycles. The van der Waals surface area contributed by atoms with Crippen LogP contribution in [0.25, 0.3) is 0 Å². The van der Waals surface area contributed by atoms with Crippen LogP contribution in [0.3, 0.4) is 0 Å². The Morgan fingerprint density at radius 2 is 1.67 bits per heavy atom. The summed E-state index contributed by atoms with van der Waals surface area (Å²) in [7, 11) is 0. The van der Waals surface area contributed by atoms with E-state index in [2.05, 4.69) is 26.1 Å². The molecule has 3 unspecified atom stereocenters. The van der Waals surface area contributed by atoms with Gasteiger partial charge in [0.2, 0.25) is 0 Å². The first-order valence-corrected chi connectivity index (χ1v) is 9.94. The van der Waals surface area contributed by atoms with Crippen LogP contribution >= 0.6 is 0 Å². The average molecular weight is 294 g/mol. The topological polar surface area (TPSA) is 12.0 Å². The van der Waals surface area contributed by atoms with E-state index in [9.17, 15) is 0 Å². The Balaban J connectivity index is 1.73. The molecule has 3 atom stereocenters. The maximum atomic E-state index is 3.81. The standard InChI is InChI=1S/C20H39N/c1-4-5-6-7-8-9-18-14-17(16(2)3)10-11-19(18)15-21-20-12-13-20/h16-21H,4-15H2,1-3H3. The average Bonchev–Trinajstić information content (AvgIpc) is 3.29. The van der Waals surface area contributed by atoms with Crippen molar-refractivity contribution in [3.05, 3.63) is 0 Å². The highest BCUT2D eigenvalue weighted by Crippen LogP contribution is 2.40. The van der Waals surface area contributed by atoms with Crippen LogP contribution in [0.1, 0.15) is 91.4 Å². The molecule has 0 saturated heterocycles. The van der Waals surface area contributed by atoms with Crippen LogP contribution in [0.5, 0.6) is 0 Å². The zero-order valence-corrected chi connectivity index (χ0v) is 14.9. The molecular weight excluding hydrogens is 254 g/mol. The fourth-order valence-electron chi connectivity index (χ4n) is 4.21. The van der Waals surface area contributed by atoms with Crippen LogP contribution < -0.4 is 5.32 Å². The van der Waals surface area contributed by atoms with Gasteiger partial charge in [-0.25, -0.2) is 0 Å². The first-order valence-electron chi connectivity index (χ1n) is 9.94. The zero-order valence-electron chi connectivity index (χ0n) is 14.9. The summed E-state index contributed by atoms with van der Waals surface area (Å²) >= 11 is 0. The lowest BCUT2D eigenvalue weighted by Crippen LogP contribution is -2.35. The van der Waals surface area contributed by atoms with E-state index in [4.69, 9.17) is 0 Å². The maximum absolute atomic E-state index is 3.81. The molecule has 21 heavy (non-hydrogen) atoms. The van der Waals surface area contributed by atoms with Gasteiger partial charge in [0.05, 0.1) is 0 Å². The molecule has 2 rings (SSSR count). The lowest BCUT2D eigenvalue weighted by atomic mass is 9.69. The molecule has 1 N–H and O–H groups in total. The minimum absolute atomic E-state index is 0.887. The Kier molecular flexibility index (Phi) is 7.57. The number of nitrogens with one attached hydrogen (secondary N) is 1. The summed E-state index contributed by atoms with van der Waals surface area (Å²) in [4.78, 5) is 0. The van der Waals surface area contributed by atoms with Crippen LogP contribution in [0, 0.1) is 23.7 Å². The van der Waals surface area contributed by atoms with E-state index >= 15 is 0 Å². The highest BCUT2D eigenvalue weighted by molar-refractivity contribution is 4.86. The largest absolute Gasteiger partial charge is 0.314 e. The summed E-state index contributed by atoms with van der Waals surface area (Å²) in [6.45, 7) is 8.50. The van der Waals surface area contributed by atoms with Gasteiger partial charge in [-0.15, -0.1) is 0 Å². The Morgan fingerprint density at radius 1 is 0.905 bits per heavy atom. The van der Waals surface area contributed by atoms with E-state index in [1.165, 1.54) is 77.2 Å². The molecule has 0 aromatic heterocycles. The first-order chi connectivity index (χ1) is 10.2. The number of hydrogen-bond acceptors (Lipinski definition) is 1. The highest BCUT2D eigenvalue weighted by Gasteiger charge is 2.32. The Morgan fingerprint density at radius 3 is 2.33 bits per heavy atom. The van der Waals surface area contributed by atoms with E-state index in [-0.39, 0.29) is 0 Å². The third kappa shape index (κ3) is 6.30. The van der Waals surface area contributed by atoms with E-state index < -0.39 is 0 Å². The van der Waals surface area contributed by atoms with Crippen molar-refractivity contribution in [1.29, 1.82) is 0 Å². The van der Waals surface area contributed by atoms with Gasteiger partial charge < -0.3 is 5.32 Å². The predicted molar refractivity (Wildman–Crippen MR) is 93.6 cm³/mol. The van der Waals surface area contributed by atoms with Crippen molar-refractivity contribution in [2.45, 2.75) is 97.4 Å². The second-order valence-corrected chi connectivity index (χ2v) is 8.22. The molecule has 124 valence electrons. The Hall–Kier alpha value is -0.0400. The van der Waals surface area contributed by atoms with Crippen molar-refractivity contribution in [1.82, 2.24) is 5.32 Å². The van der Waals surface area contributed by atoms with Gasteiger partial charge in [-0.3, -0.25) is 0 Å². The minimum atomic E-state index is 0.887. The predicted octanol–water partition coefficient (Wildman–Crippen LogP) is 5.79. The van der Waals surface area contributed by atoms with Gasteiger partial charge in [-0.2, -0.15) is 0 Å². The van der Waals surface area contributed by atoms with Crippen LogP contribution in [0.15, 0.2) is 0 Å². The summed E-state index contributed by atoms with van der Waals surface area (Å²) in [5.41, 5.74) is 0. The molecule has 0 bridgehead atoms. The zero-order chi connectivity index (χ0) is 15.1. The summed E-state index contributed by atoms with van der Waals surface area (Å²) in [5.74, 6) is 3.89. The summed E-state index contributed by atoms with van der Waals surface area (Å²) in [6, 6.07) is 0.887. The molecule has 0 radical (unpaired) electrons. The van der Waals surface area contributed by atoms with Crippen molar-refractivity contribution in [3.8, 4) is 0 Å². The van der Waals surface area contributed by atoms with E-state index in [0.717, 1.165) is 29.7 Å². The molecule has 2 aliphatic rings. The van der Waals surface area contributed by atoms with E-state index in [1.807, 2.05) is 0 Å². The molecule has 0 aliphatic heterocycles. The van der Waals surface area contributed by atoms with Gasteiger partial charge in [0.15, 0.2) is 0 Å². The van der Waals surface area contributed by atoms with Gasteiger partial charge in [-0.05, 0) is 62.3 Å². The van der Waals surface area contributed by atoms with Gasteiger partial charge >= 0.3 is 0 Å². The summed E-state index contributed by atoms with van der Waals surface area (Å²) in [6.07, 6.45) is 16.1. The van der Waals surface area contributed by atoms with Crippen molar-refractivity contribution >= 4 is 0 Å². The number of unbranched alkanes of at least 4 members (excludes halogenated alkanes) is 4. The van der Waals surface area contributed by atoms with Crippen LogP contribution in [0.4, 0.5) is 0 Å². The highest BCUT2D eigenvalue weighted by atomic mass is 14.9. The Bertz CT molecular complexity index is 269. The molecule has 0 heterocycles. The summed E-state index contributed by atoms with van der Waals surface area (Å²) in [5, 5.41) is 3.81. The lowest BCUT2D eigenvalue weighted by molar-refractivity contribution is 0.135. The van der Waals surface area contributed by atoms with Crippen molar-refractivity contribution in [2.75, 3.05) is 6.54 Å². The number of rotatable bonds is 10. The van der Waals surface area contributed by atoms with Gasteiger partial charge in [-0.1, -0.05) is 59.3 Å². The first kappa shape index (κ1) is 17.3. The third-order valence-corrected chi connectivity index (χ3v) is 6.05. The van der Waals surface area contributed by atoms with Crippen molar-refractivity contribution in [3.63, 3.8) is 0 Å². The van der Waals surface area contributed by atoms with Crippen LogP contribution in [-0.4, -0.2) is 12.6 Å². The van der Waals surface area contributed by atoms with Gasteiger partial charge in [0.1, 0.15) is 0 Å². The summed E-state index contributed by atoms with van der Waals surface area (Å²) < 4.78 is 0. The normalized spacial score (nSPS) is 30.0. The molecule has 0 aromatic rings. The van der Waals surface area contributed by atoms with E-state index in [1.54, 1.807) is 0 Å². The SMILES string of the molecule is CCCCCCCC1CC(C(C)C)CCC1CNC1CC1. The van der Waals surface area contributed by atoms with Crippen molar-refractivity contribution in [2.24, 2.45) is 23.7 Å². The maximum Gasteiger partial charge on any atom is 0.00683 e. The number of hydrogen-bond donors (Lipinski definition) is 1. The fraction of sp³-hybridized carbons (Fsp3) is 1.00. The molecule has 0 aromatic carbocycles. The van der Waals surface area contributed by atoms with E-state index in [0.29, 0.717) is 0 Å². The molecule has 1 nitrogen and oxygen atoms in total. The molecule has 1 heteroatoms. The smallest absolute Gasteiger partial charge is 0.00683 e. The molecule has 0 amide bonds. The van der Waals surface area contributed by atoms with Crippen LogP contribution in [0.2, 0.25) is 0 Å². The molecule has 2 fully saturated rings. The second-order valence-electron chi connectivity index (χ2n) is 8.22. The quantitative estimate of drug-likeness (QED) is 0.503. The van der Waals surface area contributed by atoms with Gasteiger partial charge in [0.25, 0.3) is 0 Å². The minimum Gasteiger partial charge on any atom is -0.314 e. The second kappa shape index (κ2) is 9.18. The monoisotopic (exact) mass is 293 g/mol. The van der Waals surface area contributed by atoms with Crippen molar-refractivity contribution < 1.29 is 0 Å². The molecule has 0 spiro atoms. The lowest BCUT2D eigenvalue weighted by Gasteiger charge is -2.38. The van der Waals surface area contributed by atoms with Gasteiger partial charge in [0, 0.05) is 6.04 Å². The van der Waals surface area contributed by atoms with Crippen LogP contribution in [-0.2, 0) is 0 Å². The Labute approximate surface area is 133 Å².